The molecular formula is C11H21F3N2. The van der Waals surface area contributed by atoms with Crippen LogP contribution in [0.15, 0.2) is 0 Å². The molecule has 0 saturated carbocycles. The third kappa shape index (κ3) is 3.94. The molecule has 1 aliphatic rings. The van der Waals surface area contributed by atoms with Crippen molar-refractivity contribution < 1.29 is 13.2 Å². The largest absolute Gasteiger partial charge is 0.391 e. The SMILES string of the molecule is CC(N)CC(C)N1CCC(C(F)(F)F)CC1. The summed E-state index contributed by atoms with van der Waals surface area (Å²) in [6, 6.07) is 0.393. The molecule has 2 nitrogen and oxygen atoms in total. The van der Waals surface area contributed by atoms with E-state index in [4.69, 9.17) is 5.73 Å². The number of hydrogen-bond acceptors (Lipinski definition) is 2. The van der Waals surface area contributed by atoms with Crippen molar-refractivity contribution in [2.24, 2.45) is 11.7 Å². The van der Waals surface area contributed by atoms with Crippen LogP contribution in [-0.4, -0.2) is 36.2 Å². The summed E-state index contributed by atoms with van der Waals surface area (Å²) < 4.78 is 37.3. The Kier molecular flexibility index (Phi) is 4.62. The second-order valence-corrected chi connectivity index (χ2v) is 4.91. The maximum Gasteiger partial charge on any atom is 0.391 e. The van der Waals surface area contributed by atoms with E-state index < -0.39 is 12.1 Å². The fourth-order valence-corrected chi connectivity index (χ4v) is 2.35. The van der Waals surface area contributed by atoms with Gasteiger partial charge in [-0.3, -0.25) is 0 Å². The van der Waals surface area contributed by atoms with Crippen molar-refractivity contribution in [3.63, 3.8) is 0 Å². The van der Waals surface area contributed by atoms with Gasteiger partial charge in [0.1, 0.15) is 0 Å². The lowest BCUT2D eigenvalue weighted by atomic mass is 9.94. The lowest BCUT2D eigenvalue weighted by molar-refractivity contribution is -0.186. The summed E-state index contributed by atoms with van der Waals surface area (Å²) in [6.07, 6.45) is -2.72. The summed E-state index contributed by atoms with van der Waals surface area (Å²) in [5.74, 6) is -1.11. The van der Waals surface area contributed by atoms with Crippen LogP contribution < -0.4 is 5.73 Å². The Bertz CT molecular complexity index is 208. The van der Waals surface area contributed by atoms with Crippen molar-refractivity contribution in [1.29, 1.82) is 0 Å². The minimum Gasteiger partial charge on any atom is -0.328 e. The van der Waals surface area contributed by atoms with E-state index in [1.807, 2.05) is 13.8 Å². The predicted octanol–water partition coefficient (Wildman–Crippen LogP) is 2.39. The first-order valence-corrected chi connectivity index (χ1v) is 5.87. The maximum absolute atomic E-state index is 12.4. The molecule has 0 aromatic heterocycles. The van der Waals surface area contributed by atoms with E-state index >= 15 is 0 Å². The van der Waals surface area contributed by atoms with Crippen LogP contribution in [0.25, 0.3) is 0 Å². The number of nitrogens with zero attached hydrogens (tertiary/aromatic N) is 1. The highest BCUT2D eigenvalue weighted by Gasteiger charge is 2.41. The van der Waals surface area contributed by atoms with Crippen molar-refractivity contribution >= 4 is 0 Å². The van der Waals surface area contributed by atoms with Crippen LogP contribution >= 0.6 is 0 Å². The first-order valence-electron chi connectivity index (χ1n) is 5.87. The van der Waals surface area contributed by atoms with Gasteiger partial charge < -0.3 is 10.6 Å². The highest BCUT2D eigenvalue weighted by Crippen LogP contribution is 2.34. The molecule has 2 atom stereocenters. The zero-order valence-corrected chi connectivity index (χ0v) is 9.93. The number of hydrogen-bond donors (Lipinski definition) is 1. The molecule has 5 heteroatoms. The average Bonchev–Trinajstić information content (AvgIpc) is 2.15. The molecule has 1 fully saturated rings. The number of halogens is 3. The molecule has 0 aromatic carbocycles. The molecular weight excluding hydrogens is 217 g/mol. The molecule has 16 heavy (non-hydrogen) atoms. The smallest absolute Gasteiger partial charge is 0.328 e. The van der Waals surface area contributed by atoms with Crippen LogP contribution in [0.1, 0.15) is 33.1 Å². The fraction of sp³-hybridized carbons (Fsp3) is 1.00. The van der Waals surface area contributed by atoms with Gasteiger partial charge >= 0.3 is 6.18 Å². The summed E-state index contributed by atoms with van der Waals surface area (Å²) in [5, 5.41) is 0. The second kappa shape index (κ2) is 5.36. The highest BCUT2D eigenvalue weighted by atomic mass is 19.4. The minimum absolute atomic E-state index is 0.107. The third-order valence-corrected chi connectivity index (χ3v) is 3.33. The molecule has 0 aliphatic carbocycles. The molecule has 2 N–H and O–H groups in total. The lowest BCUT2D eigenvalue weighted by Gasteiger charge is -2.37. The van der Waals surface area contributed by atoms with E-state index in [0.717, 1.165) is 6.42 Å². The van der Waals surface area contributed by atoms with Gasteiger partial charge in [-0.15, -0.1) is 0 Å². The summed E-state index contributed by atoms with van der Waals surface area (Å²) >= 11 is 0. The average molecular weight is 238 g/mol. The van der Waals surface area contributed by atoms with Gasteiger partial charge in [0, 0.05) is 12.1 Å². The number of likely N-dealkylation sites (tertiary alicyclic amines) is 1. The molecule has 0 aromatic rings. The van der Waals surface area contributed by atoms with Gasteiger partial charge in [0.25, 0.3) is 0 Å². The van der Waals surface area contributed by atoms with Gasteiger partial charge in [0.05, 0.1) is 5.92 Å². The first kappa shape index (κ1) is 13.8. The van der Waals surface area contributed by atoms with E-state index in [1.54, 1.807) is 0 Å². The van der Waals surface area contributed by atoms with E-state index in [9.17, 15) is 13.2 Å². The zero-order chi connectivity index (χ0) is 12.3. The van der Waals surface area contributed by atoms with Gasteiger partial charge in [0.2, 0.25) is 0 Å². The van der Waals surface area contributed by atoms with E-state index in [1.165, 1.54) is 0 Å². The molecule has 0 bridgehead atoms. The zero-order valence-electron chi connectivity index (χ0n) is 9.93. The predicted molar refractivity (Wildman–Crippen MR) is 58.1 cm³/mol. The van der Waals surface area contributed by atoms with Crippen molar-refractivity contribution in [3.05, 3.63) is 0 Å². The number of piperidine rings is 1. The first-order chi connectivity index (χ1) is 7.30. The molecule has 96 valence electrons. The molecule has 1 saturated heterocycles. The third-order valence-electron chi connectivity index (χ3n) is 3.33. The molecule has 0 amide bonds. The van der Waals surface area contributed by atoms with Gasteiger partial charge in [-0.05, 0) is 46.2 Å². The monoisotopic (exact) mass is 238 g/mol. The van der Waals surface area contributed by atoms with Gasteiger partial charge in [0.15, 0.2) is 0 Å². The van der Waals surface area contributed by atoms with Crippen LogP contribution in [0, 0.1) is 5.92 Å². The van der Waals surface area contributed by atoms with Crippen molar-refractivity contribution in [3.8, 4) is 0 Å². The topological polar surface area (TPSA) is 29.3 Å². The van der Waals surface area contributed by atoms with Crippen LogP contribution in [-0.2, 0) is 0 Å². The molecule has 1 heterocycles. The maximum atomic E-state index is 12.4. The summed E-state index contributed by atoms with van der Waals surface area (Å²) in [5.41, 5.74) is 5.69. The Morgan fingerprint density at radius 1 is 1.25 bits per heavy atom. The van der Waals surface area contributed by atoms with Gasteiger partial charge in [-0.25, -0.2) is 0 Å². The summed E-state index contributed by atoms with van der Waals surface area (Å²) in [6.45, 7) is 5.05. The molecule has 0 spiro atoms. The summed E-state index contributed by atoms with van der Waals surface area (Å²) in [4.78, 5) is 2.12. The molecule has 1 aliphatic heterocycles. The molecule has 0 radical (unpaired) electrons. The van der Waals surface area contributed by atoms with Gasteiger partial charge in [-0.2, -0.15) is 13.2 Å². The van der Waals surface area contributed by atoms with Crippen molar-refractivity contribution in [2.75, 3.05) is 13.1 Å². The Morgan fingerprint density at radius 3 is 2.12 bits per heavy atom. The van der Waals surface area contributed by atoms with Crippen LogP contribution in [0.2, 0.25) is 0 Å². The lowest BCUT2D eigenvalue weighted by Crippen LogP contribution is -2.44. The Hall–Kier alpha value is -0.290. The van der Waals surface area contributed by atoms with Crippen molar-refractivity contribution in [2.45, 2.75) is 51.4 Å². The Labute approximate surface area is 95.0 Å². The Balaban J connectivity index is 2.37. The fourth-order valence-electron chi connectivity index (χ4n) is 2.35. The van der Waals surface area contributed by atoms with E-state index in [0.29, 0.717) is 13.1 Å². The quantitative estimate of drug-likeness (QED) is 0.818. The van der Waals surface area contributed by atoms with Gasteiger partial charge in [-0.1, -0.05) is 0 Å². The van der Waals surface area contributed by atoms with Crippen LogP contribution in [0.5, 0.6) is 0 Å². The minimum atomic E-state index is -4.02. The molecule has 1 rings (SSSR count). The second-order valence-electron chi connectivity index (χ2n) is 4.91. The highest BCUT2D eigenvalue weighted by molar-refractivity contribution is 4.80. The molecule has 2 unspecified atom stereocenters. The van der Waals surface area contributed by atoms with Crippen LogP contribution in [0.3, 0.4) is 0 Å². The number of alkyl halides is 3. The van der Waals surface area contributed by atoms with E-state index in [-0.39, 0.29) is 24.9 Å². The number of rotatable bonds is 3. The van der Waals surface area contributed by atoms with E-state index in [2.05, 4.69) is 4.90 Å². The van der Waals surface area contributed by atoms with Crippen molar-refractivity contribution in [1.82, 2.24) is 4.90 Å². The van der Waals surface area contributed by atoms with Crippen LogP contribution in [0.4, 0.5) is 13.2 Å². The number of nitrogens with two attached hydrogens (primary N) is 1. The standard InChI is InChI=1S/C11H21F3N2/c1-8(15)7-9(2)16-5-3-10(4-6-16)11(12,13)14/h8-10H,3-7,15H2,1-2H3. The summed E-state index contributed by atoms with van der Waals surface area (Å²) in [7, 11) is 0. The normalized spacial score (nSPS) is 24.4. The Morgan fingerprint density at radius 2 is 1.75 bits per heavy atom.